The van der Waals surface area contributed by atoms with Crippen molar-refractivity contribution in [3.63, 3.8) is 0 Å². The molecule has 0 spiro atoms. The minimum Gasteiger partial charge on any atom is -0.508 e. The molecule has 112 valence electrons. The third-order valence-corrected chi connectivity index (χ3v) is 4.18. The smallest absolute Gasteiger partial charge is 0.240 e. The zero-order valence-electron chi connectivity index (χ0n) is 12.0. The molecule has 3 rings (SSSR count). The van der Waals surface area contributed by atoms with Gasteiger partial charge in [-0.3, -0.25) is 4.79 Å². The molecule has 0 bridgehead atoms. The van der Waals surface area contributed by atoms with E-state index in [0.717, 1.165) is 15.7 Å². The average molecular weight is 359 g/mol. The number of carbonyl (C=O) groups excluding carboxylic acids is 1. The fourth-order valence-electron chi connectivity index (χ4n) is 2.65. The number of nitrogens with zero attached hydrogens (tertiary/aromatic N) is 2. The number of phenolic OH excluding ortho intramolecular Hbond substituents is 1. The van der Waals surface area contributed by atoms with Crippen LogP contribution in [0.15, 0.2) is 58.1 Å². The SMILES string of the molecule is CC(=O)N1N=C(c2ccccc2)C[C@H]1c1ccc(Br)cc1O. The van der Waals surface area contributed by atoms with Gasteiger partial charge >= 0.3 is 0 Å². The van der Waals surface area contributed by atoms with Crippen LogP contribution in [0.2, 0.25) is 0 Å². The Kier molecular flexibility index (Phi) is 3.98. The van der Waals surface area contributed by atoms with E-state index in [0.29, 0.717) is 12.0 Å². The van der Waals surface area contributed by atoms with Gasteiger partial charge in [-0.2, -0.15) is 5.10 Å². The molecule has 0 saturated heterocycles. The lowest BCUT2D eigenvalue weighted by molar-refractivity contribution is -0.130. The van der Waals surface area contributed by atoms with E-state index in [1.165, 1.54) is 11.9 Å². The van der Waals surface area contributed by atoms with E-state index in [4.69, 9.17) is 0 Å². The summed E-state index contributed by atoms with van der Waals surface area (Å²) in [5.41, 5.74) is 2.55. The Bertz CT molecular complexity index is 744. The summed E-state index contributed by atoms with van der Waals surface area (Å²) in [5, 5.41) is 16.1. The number of rotatable bonds is 2. The highest BCUT2D eigenvalue weighted by Gasteiger charge is 2.32. The lowest BCUT2D eigenvalue weighted by atomic mass is 9.98. The van der Waals surface area contributed by atoms with Crippen LogP contribution in [0.5, 0.6) is 5.75 Å². The van der Waals surface area contributed by atoms with Crippen molar-refractivity contribution < 1.29 is 9.90 Å². The van der Waals surface area contributed by atoms with Gasteiger partial charge in [-0.1, -0.05) is 52.3 Å². The molecule has 4 nitrogen and oxygen atoms in total. The van der Waals surface area contributed by atoms with Crippen LogP contribution >= 0.6 is 15.9 Å². The second-order valence-corrected chi connectivity index (χ2v) is 6.12. The summed E-state index contributed by atoms with van der Waals surface area (Å²) in [6, 6.07) is 14.8. The van der Waals surface area contributed by atoms with E-state index in [9.17, 15) is 9.90 Å². The molecule has 0 aromatic heterocycles. The van der Waals surface area contributed by atoms with Crippen molar-refractivity contribution in [1.82, 2.24) is 5.01 Å². The molecule has 1 aliphatic heterocycles. The Hall–Kier alpha value is -2.14. The Balaban J connectivity index is 1.98. The molecule has 0 aliphatic carbocycles. The summed E-state index contributed by atoms with van der Waals surface area (Å²) in [7, 11) is 0. The molecule has 1 N–H and O–H groups in total. The van der Waals surface area contributed by atoms with Crippen LogP contribution in [-0.4, -0.2) is 21.7 Å². The molecule has 1 heterocycles. The molecule has 0 radical (unpaired) electrons. The van der Waals surface area contributed by atoms with Gasteiger partial charge in [0.15, 0.2) is 0 Å². The van der Waals surface area contributed by atoms with Crippen LogP contribution in [0.25, 0.3) is 0 Å². The number of phenols is 1. The van der Waals surface area contributed by atoms with Crippen LogP contribution in [0.4, 0.5) is 0 Å². The lowest BCUT2D eigenvalue weighted by Crippen LogP contribution is -2.24. The zero-order chi connectivity index (χ0) is 15.7. The summed E-state index contributed by atoms with van der Waals surface area (Å²) in [6.45, 7) is 1.49. The van der Waals surface area contributed by atoms with Crippen LogP contribution in [0, 0.1) is 0 Å². The van der Waals surface area contributed by atoms with E-state index >= 15 is 0 Å². The van der Waals surface area contributed by atoms with Gasteiger partial charge in [-0.25, -0.2) is 5.01 Å². The molecule has 5 heteroatoms. The summed E-state index contributed by atoms with van der Waals surface area (Å²) < 4.78 is 0.797. The van der Waals surface area contributed by atoms with Crippen molar-refractivity contribution in [2.45, 2.75) is 19.4 Å². The van der Waals surface area contributed by atoms with Gasteiger partial charge in [0.05, 0.1) is 11.8 Å². The first-order chi connectivity index (χ1) is 10.6. The summed E-state index contributed by atoms with van der Waals surface area (Å²) in [4.78, 5) is 11.9. The van der Waals surface area contributed by atoms with Gasteiger partial charge < -0.3 is 5.11 Å². The normalized spacial score (nSPS) is 17.5. The summed E-state index contributed by atoms with van der Waals surface area (Å²) >= 11 is 3.33. The molecule has 1 atom stereocenters. The van der Waals surface area contributed by atoms with Gasteiger partial charge in [0.2, 0.25) is 5.91 Å². The molecular formula is C17H15BrN2O2. The number of benzene rings is 2. The van der Waals surface area contributed by atoms with Crippen molar-refractivity contribution >= 4 is 27.5 Å². The highest BCUT2D eigenvalue weighted by Crippen LogP contribution is 2.38. The van der Waals surface area contributed by atoms with E-state index in [2.05, 4.69) is 21.0 Å². The molecule has 1 aliphatic rings. The fraction of sp³-hybridized carbons (Fsp3) is 0.176. The van der Waals surface area contributed by atoms with Crippen molar-refractivity contribution in [3.05, 3.63) is 64.1 Å². The van der Waals surface area contributed by atoms with Crippen LogP contribution in [-0.2, 0) is 4.79 Å². The minimum absolute atomic E-state index is 0.141. The van der Waals surface area contributed by atoms with Crippen molar-refractivity contribution in [2.24, 2.45) is 5.10 Å². The first-order valence-electron chi connectivity index (χ1n) is 6.97. The maximum atomic E-state index is 11.9. The van der Waals surface area contributed by atoms with E-state index in [-0.39, 0.29) is 17.7 Å². The predicted octanol–water partition coefficient (Wildman–Crippen LogP) is 3.85. The van der Waals surface area contributed by atoms with E-state index in [1.54, 1.807) is 6.07 Å². The van der Waals surface area contributed by atoms with Gasteiger partial charge in [-0.05, 0) is 17.7 Å². The van der Waals surface area contributed by atoms with Gasteiger partial charge in [0.25, 0.3) is 0 Å². The molecule has 0 fully saturated rings. The van der Waals surface area contributed by atoms with Gasteiger partial charge in [0, 0.05) is 23.4 Å². The molecule has 0 saturated carbocycles. The number of amides is 1. The second-order valence-electron chi connectivity index (χ2n) is 5.20. The Morgan fingerprint density at radius 2 is 2.00 bits per heavy atom. The fourth-order valence-corrected chi connectivity index (χ4v) is 3.00. The number of hydrogen-bond acceptors (Lipinski definition) is 3. The van der Waals surface area contributed by atoms with Gasteiger partial charge in [-0.15, -0.1) is 0 Å². The first kappa shape index (κ1) is 14.8. The molecule has 2 aromatic rings. The largest absolute Gasteiger partial charge is 0.508 e. The predicted molar refractivity (Wildman–Crippen MR) is 88.7 cm³/mol. The van der Waals surface area contributed by atoms with Crippen molar-refractivity contribution in [2.75, 3.05) is 0 Å². The second kappa shape index (κ2) is 5.93. The number of aromatic hydroxyl groups is 1. The average Bonchev–Trinajstić information content (AvgIpc) is 2.93. The summed E-state index contributed by atoms with van der Waals surface area (Å²) in [6.07, 6.45) is 0.582. The topological polar surface area (TPSA) is 52.9 Å². The van der Waals surface area contributed by atoms with Crippen molar-refractivity contribution in [1.29, 1.82) is 0 Å². The molecule has 22 heavy (non-hydrogen) atoms. The first-order valence-corrected chi connectivity index (χ1v) is 7.76. The molecular weight excluding hydrogens is 344 g/mol. The molecule has 2 aromatic carbocycles. The van der Waals surface area contributed by atoms with Crippen molar-refractivity contribution in [3.8, 4) is 5.75 Å². The summed E-state index contributed by atoms with van der Waals surface area (Å²) in [5.74, 6) is 0.0217. The number of halogens is 1. The Labute approximate surface area is 137 Å². The Morgan fingerprint density at radius 1 is 1.27 bits per heavy atom. The third-order valence-electron chi connectivity index (χ3n) is 3.69. The van der Waals surface area contributed by atoms with Crippen LogP contribution in [0.3, 0.4) is 0 Å². The third kappa shape index (κ3) is 2.76. The standard InChI is InChI=1S/C17H15BrN2O2/c1-11(21)20-16(14-8-7-13(18)9-17(14)22)10-15(19-20)12-5-3-2-4-6-12/h2-9,16,22H,10H2,1H3/t16-/m0/s1. The zero-order valence-corrected chi connectivity index (χ0v) is 13.6. The number of carbonyl (C=O) groups is 1. The van der Waals surface area contributed by atoms with E-state index in [1.807, 2.05) is 42.5 Å². The highest BCUT2D eigenvalue weighted by atomic mass is 79.9. The molecule has 0 unspecified atom stereocenters. The monoisotopic (exact) mass is 358 g/mol. The lowest BCUT2D eigenvalue weighted by Gasteiger charge is -2.21. The van der Waals surface area contributed by atoms with E-state index < -0.39 is 0 Å². The quantitative estimate of drug-likeness (QED) is 0.886. The van der Waals surface area contributed by atoms with Crippen LogP contribution in [0.1, 0.15) is 30.5 Å². The highest BCUT2D eigenvalue weighted by molar-refractivity contribution is 9.10. The minimum atomic E-state index is -0.277. The Morgan fingerprint density at radius 3 is 2.64 bits per heavy atom. The maximum Gasteiger partial charge on any atom is 0.240 e. The number of hydrazone groups is 1. The number of hydrogen-bond donors (Lipinski definition) is 1. The van der Waals surface area contributed by atoms with Crippen LogP contribution < -0.4 is 0 Å². The molecule has 1 amide bonds. The van der Waals surface area contributed by atoms with Gasteiger partial charge in [0.1, 0.15) is 5.75 Å². The maximum absolute atomic E-state index is 11.9.